The molecule has 4 aliphatic rings. The van der Waals surface area contributed by atoms with Gasteiger partial charge < -0.3 is 25.0 Å². The molecule has 4 amide bonds. The molecule has 53 heavy (non-hydrogen) atoms. The number of carbonyl (C=O) groups is 4. The highest BCUT2D eigenvalue weighted by Crippen LogP contribution is 2.47. The molecule has 2 aromatic rings. The Morgan fingerprint density at radius 3 is 2.34 bits per heavy atom. The first-order valence-electron chi connectivity index (χ1n) is 18.4. The first-order valence-corrected chi connectivity index (χ1v) is 19.9. The lowest BCUT2D eigenvalue weighted by atomic mass is 9.85. The number of nitrogens with one attached hydrogen (secondary N) is 3. The van der Waals surface area contributed by atoms with Gasteiger partial charge in [0, 0.05) is 31.2 Å². The molecule has 0 spiro atoms. The van der Waals surface area contributed by atoms with Crippen LogP contribution >= 0.6 is 0 Å². The quantitative estimate of drug-likeness (QED) is 0.268. The molecule has 3 saturated carbocycles. The number of hydrogen-bond donors (Lipinski definition) is 3. The Bertz CT molecular complexity index is 1870. The van der Waals surface area contributed by atoms with E-state index in [1.54, 1.807) is 6.20 Å². The zero-order valence-electron chi connectivity index (χ0n) is 31.1. The summed E-state index contributed by atoms with van der Waals surface area (Å²) in [6, 6.07) is 9.21. The first kappa shape index (κ1) is 38.4. The Morgan fingerprint density at radius 1 is 1.06 bits per heavy atom. The minimum absolute atomic E-state index is 0.0175. The van der Waals surface area contributed by atoms with E-state index in [4.69, 9.17) is 9.47 Å². The average molecular weight is 750 g/mol. The molecule has 4 fully saturated rings. The van der Waals surface area contributed by atoms with E-state index in [2.05, 4.69) is 26.9 Å². The van der Waals surface area contributed by atoms with E-state index in [1.807, 2.05) is 64.1 Å². The fourth-order valence-electron chi connectivity index (χ4n) is 7.71. The van der Waals surface area contributed by atoms with E-state index >= 15 is 0 Å². The van der Waals surface area contributed by atoms with Crippen LogP contribution < -0.4 is 15.4 Å². The van der Waals surface area contributed by atoms with Crippen LogP contribution in [0.5, 0.6) is 0 Å². The van der Waals surface area contributed by atoms with Crippen LogP contribution in [0.1, 0.15) is 83.3 Å². The van der Waals surface area contributed by atoms with Crippen LogP contribution in [0.2, 0.25) is 0 Å². The molecule has 14 heteroatoms. The summed E-state index contributed by atoms with van der Waals surface area (Å²) in [4.78, 5) is 61.9. The number of aromatic nitrogens is 1. The number of pyridine rings is 1. The van der Waals surface area contributed by atoms with Gasteiger partial charge in [-0.1, -0.05) is 51.1 Å². The van der Waals surface area contributed by atoms with Crippen molar-refractivity contribution in [1.29, 1.82) is 0 Å². The van der Waals surface area contributed by atoms with Gasteiger partial charge in [0.25, 0.3) is 5.91 Å². The molecule has 6 rings (SSSR count). The Balaban J connectivity index is 1.33. The van der Waals surface area contributed by atoms with Crippen molar-refractivity contribution in [1.82, 2.24) is 25.2 Å². The van der Waals surface area contributed by atoms with Crippen LogP contribution in [0, 0.1) is 18.3 Å². The second-order valence-corrected chi connectivity index (χ2v) is 18.0. The number of carbonyl (C=O) groups excluding carboxylic acids is 4. The summed E-state index contributed by atoms with van der Waals surface area (Å²) >= 11 is 0. The van der Waals surface area contributed by atoms with Gasteiger partial charge in [0.15, 0.2) is 0 Å². The highest BCUT2D eigenvalue weighted by molar-refractivity contribution is 7.91. The number of sulfonamides is 1. The van der Waals surface area contributed by atoms with Crippen LogP contribution in [-0.4, -0.2) is 84.7 Å². The van der Waals surface area contributed by atoms with Crippen molar-refractivity contribution >= 4 is 33.8 Å². The number of nitrogens with zero attached hydrogens (tertiary/aromatic N) is 2. The van der Waals surface area contributed by atoms with Crippen molar-refractivity contribution in [2.75, 3.05) is 13.7 Å². The largest absolute Gasteiger partial charge is 0.446 e. The van der Waals surface area contributed by atoms with Gasteiger partial charge in [-0.3, -0.25) is 24.1 Å². The standard InChI is InChI=1S/C39H51N5O8S/c1-7-25-21-39(25,35(47)43-53(49,50)28-16-17-28)42-33(45)31-22-38(51-6,26-15-18-29(24(2)20-26)30-14-10-11-19-40-30)23-44(31)34(46)32(37(3,4)5)41-36(48)52-27-12-8-9-13-27/h7,10-11,14-15,18-20,25,27-28,31-32H,1,8-9,12-13,16-17,21-23H2,2-6H3,(H,41,48)(H,42,45)(H,43,47)/t25-,31+,32-,38+,39-/m1/s1. The van der Waals surface area contributed by atoms with Gasteiger partial charge in [0.2, 0.25) is 21.8 Å². The van der Waals surface area contributed by atoms with Crippen molar-refractivity contribution in [2.24, 2.45) is 11.3 Å². The van der Waals surface area contributed by atoms with Crippen LogP contribution in [0.3, 0.4) is 0 Å². The monoisotopic (exact) mass is 749 g/mol. The van der Waals surface area contributed by atoms with Gasteiger partial charge in [-0.2, -0.15) is 0 Å². The summed E-state index contributed by atoms with van der Waals surface area (Å²) in [6.07, 6.45) is 6.84. The van der Waals surface area contributed by atoms with E-state index in [9.17, 15) is 27.6 Å². The van der Waals surface area contributed by atoms with Crippen LogP contribution in [0.15, 0.2) is 55.3 Å². The molecule has 13 nitrogen and oxygen atoms in total. The van der Waals surface area contributed by atoms with E-state index in [0.29, 0.717) is 12.8 Å². The third-order valence-corrected chi connectivity index (χ3v) is 13.0. The molecule has 1 aromatic heterocycles. The van der Waals surface area contributed by atoms with E-state index in [-0.39, 0.29) is 25.5 Å². The molecule has 5 atom stereocenters. The number of amides is 4. The summed E-state index contributed by atoms with van der Waals surface area (Å²) in [5.74, 6) is -2.52. The Morgan fingerprint density at radius 2 is 1.77 bits per heavy atom. The van der Waals surface area contributed by atoms with Crippen molar-refractivity contribution in [3.05, 3.63) is 66.4 Å². The molecule has 0 radical (unpaired) electrons. The number of rotatable bonds is 12. The maximum Gasteiger partial charge on any atom is 0.408 e. The highest BCUT2D eigenvalue weighted by Gasteiger charge is 2.62. The van der Waals surface area contributed by atoms with Crippen LogP contribution in [0.25, 0.3) is 11.3 Å². The normalized spacial score (nSPS) is 26.4. The molecular formula is C39H51N5O8S. The van der Waals surface area contributed by atoms with Crippen molar-refractivity contribution in [3.8, 4) is 11.3 Å². The number of benzene rings is 1. The third kappa shape index (κ3) is 7.84. The number of likely N-dealkylation sites (tertiary alicyclic amines) is 1. The van der Waals surface area contributed by atoms with Crippen LogP contribution in [-0.2, 0) is 39.5 Å². The highest BCUT2D eigenvalue weighted by atomic mass is 32.2. The predicted molar refractivity (Wildman–Crippen MR) is 198 cm³/mol. The molecule has 1 aromatic carbocycles. The van der Waals surface area contributed by atoms with E-state index in [1.165, 1.54) is 18.1 Å². The SMILES string of the molecule is C=C[C@@H]1C[C@]1(NC(=O)[C@@H]1C[C@@](OC)(c2ccc(-c3ccccn3)c(C)c2)CN1C(=O)[C@@H](NC(=O)OC1CCCC1)C(C)(C)C)C(=O)NS(=O)(=O)C1CC1. The maximum atomic E-state index is 14.8. The zero-order chi connectivity index (χ0) is 38.3. The molecule has 0 unspecified atom stereocenters. The van der Waals surface area contributed by atoms with Gasteiger partial charge in [-0.25, -0.2) is 13.2 Å². The first-order chi connectivity index (χ1) is 25.0. The lowest BCUT2D eigenvalue weighted by Crippen LogP contribution is -2.60. The third-order valence-electron chi connectivity index (χ3n) is 11.2. The van der Waals surface area contributed by atoms with Gasteiger partial charge in [-0.05, 0) is 80.5 Å². The summed E-state index contributed by atoms with van der Waals surface area (Å²) in [7, 11) is -2.38. The smallest absolute Gasteiger partial charge is 0.408 e. The minimum atomic E-state index is -3.90. The second-order valence-electron chi connectivity index (χ2n) is 16.1. The molecule has 3 aliphatic carbocycles. The average Bonchev–Trinajstić information content (AvgIpc) is 4.00. The van der Waals surface area contributed by atoms with E-state index < -0.39 is 73.6 Å². The van der Waals surface area contributed by atoms with Gasteiger partial charge >= 0.3 is 6.09 Å². The second kappa shape index (κ2) is 14.5. The van der Waals surface area contributed by atoms with E-state index in [0.717, 1.165) is 48.1 Å². The summed E-state index contributed by atoms with van der Waals surface area (Å²) in [6.45, 7) is 11.2. The van der Waals surface area contributed by atoms with Gasteiger partial charge in [0.05, 0.1) is 17.5 Å². The van der Waals surface area contributed by atoms with Crippen molar-refractivity contribution in [3.63, 3.8) is 0 Å². The Hall–Kier alpha value is -4.30. The number of aryl methyl sites for hydroxylation is 1. The van der Waals surface area contributed by atoms with Gasteiger partial charge in [0.1, 0.15) is 29.3 Å². The molecule has 0 bridgehead atoms. The van der Waals surface area contributed by atoms with Crippen LogP contribution in [0.4, 0.5) is 4.79 Å². The summed E-state index contributed by atoms with van der Waals surface area (Å²) < 4.78 is 39.6. The molecule has 1 aliphatic heterocycles. The van der Waals surface area contributed by atoms with Gasteiger partial charge in [-0.15, -0.1) is 6.58 Å². The molecule has 286 valence electrons. The van der Waals surface area contributed by atoms with Crippen molar-refractivity contribution < 1.29 is 37.1 Å². The predicted octanol–water partition coefficient (Wildman–Crippen LogP) is 4.25. The van der Waals surface area contributed by atoms with Crippen molar-refractivity contribution in [2.45, 2.75) is 114 Å². The molecule has 3 N–H and O–H groups in total. The lowest BCUT2D eigenvalue weighted by molar-refractivity contribution is -0.143. The Labute approximate surface area is 311 Å². The number of hydrogen-bond acceptors (Lipinski definition) is 9. The maximum absolute atomic E-state index is 14.8. The molecular weight excluding hydrogens is 699 g/mol. The number of alkyl carbamates (subject to hydrolysis) is 1. The molecule has 1 saturated heterocycles. The fraction of sp³-hybridized carbons (Fsp3) is 0.564. The number of ether oxygens (including phenoxy) is 2. The topological polar surface area (TPSA) is 173 Å². The summed E-state index contributed by atoms with van der Waals surface area (Å²) in [5, 5.41) is 5.00. The fourth-order valence-corrected chi connectivity index (χ4v) is 9.08. The number of methoxy groups -OCH3 is 1. The zero-order valence-corrected chi connectivity index (χ0v) is 32.0. The Kier molecular flexibility index (Phi) is 10.5. The lowest BCUT2D eigenvalue weighted by Gasteiger charge is -2.36. The minimum Gasteiger partial charge on any atom is -0.446 e. The summed E-state index contributed by atoms with van der Waals surface area (Å²) in [5.41, 5.74) is -0.172. The molecule has 2 heterocycles.